The van der Waals surface area contributed by atoms with E-state index in [1.807, 2.05) is 30.3 Å². The summed E-state index contributed by atoms with van der Waals surface area (Å²) in [5, 5.41) is 13.5. The molecular weight excluding hydrogens is 593 g/mol. The molecule has 0 saturated carbocycles. The molecule has 2 aliphatic heterocycles. The molecule has 3 aromatic rings. The first-order chi connectivity index (χ1) is 20.7. The number of nitrogens with zero attached hydrogens (tertiary/aromatic N) is 2. The number of halogens is 7. The van der Waals surface area contributed by atoms with Gasteiger partial charge in [0.15, 0.2) is 6.29 Å². The van der Waals surface area contributed by atoms with Gasteiger partial charge in [-0.05, 0) is 72.9 Å². The van der Waals surface area contributed by atoms with Gasteiger partial charge in [0.05, 0.1) is 36.9 Å². The summed E-state index contributed by atoms with van der Waals surface area (Å²) < 4.78 is 106. The molecule has 0 amide bonds. The highest BCUT2D eigenvalue weighted by atomic mass is 19.4. The summed E-state index contributed by atoms with van der Waals surface area (Å²) in [7, 11) is 0. The minimum absolute atomic E-state index is 0.0798. The maximum atomic E-state index is 13.8. The number of quaternary nitrogens is 1. The van der Waals surface area contributed by atoms with E-state index in [2.05, 4.69) is 4.90 Å². The van der Waals surface area contributed by atoms with Gasteiger partial charge < -0.3 is 19.3 Å². The number of para-hydroxylation sites is 1. The molecule has 5 nitrogen and oxygen atoms in total. The normalized spacial score (nSPS) is 23.8. The van der Waals surface area contributed by atoms with Gasteiger partial charge in [0, 0.05) is 25.6 Å². The average Bonchev–Trinajstić information content (AvgIpc) is 2.98. The van der Waals surface area contributed by atoms with Gasteiger partial charge in [-0.1, -0.05) is 30.3 Å². The fourth-order valence-corrected chi connectivity index (χ4v) is 6.08. The molecule has 3 aromatic carbocycles. The second-order valence-corrected chi connectivity index (χ2v) is 11.5. The zero-order valence-corrected chi connectivity index (χ0v) is 24.0. The summed E-state index contributed by atoms with van der Waals surface area (Å²) in [6, 6.07) is 16.3. The summed E-state index contributed by atoms with van der Waals surface area (Å²) >= 11 is 0. The number of benzene rings is 3. The first-order valence-corrected chi connectivity index (χ1v) is 14.4. The monoisotopic (exact) mass is 626 g/mol. The SMILES string of the molecule is C[C@@H](O[C@H]1OCC[C@@H](CN2CC[N+]([O-])(c3ccccc3)CC2)[C@@H]1c1ccc(F)cc1)c1cc(C(F)(F)F)cc(C(F)(F)F)c1. The summed E-state index contributed by atoms with van der Waals surface area (Å²) in [4.78, 5) is 2.17. The van der Waals surface area contributed by atoms with Crippen molar-refractivity contribution in [1.82, 2.24) is 9.55 Å². The van der Waals surface area contributed by atoms with Gasteiger partial charge in [0.1, 0.15) is 11.5 Å². The summed E-state index contributed by atoms with van der Waals surface area (Å²) in [6.07, 6.45) is -11.6. The van der Waals surface area contributed by atoms with E-state index < -0.39 is 52.3 Å². The van der Waals surface area contributed by atoms with Gasteiger partial charge in [-0.25, -0.2) is 4.39 Å². The van der Waals surface area contributed by atoms with E-state index >= 15 is 0 Å². The van der Waals surface area contributed by atoms with E-state index in [0.717, 1.165) is 0 Å². The van der Waals surface area contributed by atoms with Crippen molar-refractivity contribution in [2.75, 3.05) is 39.3 Å². The average molecular weight is 627 g/mol. The van der Waals surface area contributed by atoms with Crippen LogP contribution in [0.15, 0.2) is 72.8 Å². The van der Waals surface area contributed by atoms with Crippen LogP contribution in [0.1, 0.15) is 47.6 Å². The van der Waals surface area contributed by atoms with Crippen LogP contribution in [0.3, 0.4) is 0 Å². The molecular formula is C32H33F7N2O3. The molecule has 4 atom stereocenters. The van der Waals surface area contributed by atoms with Crippen molar-refractivity contribution in [2.24, 2.45) is 5.92 Å². The van der Waals surface area contributed by atoms with E-state index in [-0.39, 0.29) is 24.2 Å². The summed E-state index contributed by atoms with van der Waals surface area (Å²) in [6.45, 7) is 3.93. The van der Waals surface area contributed by atoms with E-state index in [1.165, 1.54) is 19.1 Å². The molecule has 0 spiro atoms. The van der Waals surface area contributed by atoms with Crippen LogP contribution < -0.4 is 4.65 Å². The third kappa shape index (κ3) is 7.43. The van der Waals surface area contributed by atoms with Gasteiger partial charge in [-0.2, -0.15) is 26.3 Å². The van der Waals surface area contributed by atoms with E-state index in [9.17, 15) is 35.9 Å². The van der Waals surface area contributed by atoms with E-state index in [4.69, 9.17) is 9.47 Å². The smallest absolute Gasteiger partial charge is 0.416 e. The summed E-state index contributed by atoms with van der Waals surface area (Å²) in [5.41, 5.74) is -1.79. The molecule has 2 aliphatic rings. The largest absolute Gasteiger partial charge is 0.627 e. The molecule has 0 unspecified atom stereocenters. The van der Waals surface area contributed by atoms with Gasteiger partial charge in [0.2, 0.25) is 0 Å². The first kappa shape index (κ1) is 32.4. The van der Waals surface area contributed by atoms with Crippen LogP contribution in [-0.4, -0.2) is 50.5 Å². The number of hydrogen-bond acceptors (Lipinski definition) is 4. The second-order valence-electron chi connectivity index (χ2n) is 11.5. The Bertz CT molecular complexity index is 1360. The molecule has 44 heavy (non-hydrogen) atoms. The Morgan fingerprint density at radius 2 is 1.50 bits per heavy atom. The highest BCUT2D eigenvalue weighted by Crippen LogP contribution is 2.42. The molecule has 0 bridgehead atoms. The van der Waals surface area contributed by atoms with Crippen molar-refractivity contribution in [3.8, 4) is 0 Å². The van der Waals surface area contributed by atoms with Gasteiger partial charge in [0.25, 0.3) is 0 Å². The van der Waals surface area contributed by atoms with Crippen LogP contribution in [0.4, 0.5) is 36.4 Å². The Morgan fingerprint density at radius 3 is 2.07 bits per heavy atom. The van der Waals surface area contributed by atoms with Crippen LogP contribution >= 0.6 is 0 Å². The highest BCUT2D eigenvalue weighted by molar-refractivity contribution is 5.43. The van der Waals surface area contributed by atoms with Crippen LogP contribution in [0, 0.1) is 16.9 Å². The first-order valence-electron chi connectivity index (χ1n) is 14.4. The Labute approximate surface area is 251 Å². The minimum atomic E-state index is -4.99. The van der Waals surface area contributed by atoms with E-state index in [1.54, 1.807) is 12.1 Å². The Kier molecular flexibility index (Phi) is 9.39. The van der Waals surface area contributed by atoms with Crippen molar-refractivity contribution in [1.29, 1.82) is 0 Å². The number of rotatable bonds is 7. The third-order valence-corrected chi connectivity index (χ3v) is 8.52. The second kappa shape index (κ2) is 12.8. The molecule has 2 saturated heterocycles. The summed E-state index contributed by atoms with van der Waals surface area (Å²) in [5.74, 6) is -1.07. The predicted molar refractivity (Wildman–Crippen MR) is 151 cm³/mol. The Hall–Kier alpha value is -3.03. The van der Waals surface area contributed by atoms with Crippen LogP contribution in [0.25, 0.3) is 0 Å². The fraction of sp³-hybridized carbons (Fsp3) is 0.438. The molecule has 0 radical (unpaired) electrons. The van der Waals surface area contributed by atoms with Gasteiger partial charge in [-0.3, -0.25) is 4.90 Å². The van der Waals surface area contributed by atoms with Crippen LogP contribution in [0.2, 0.25) is 0 Å². The van der Waals surface area contributed by atoms with Crippen molar-refractivity contribution in [2.45, 2.75) is 44.0 Å². The van der Waals surface area contributed by atoms with Gasteiger partial charge >= 0.3 is 12.4 Å². The molecule has 0 N–H and O–H groups in total. The number of ether oxygens (including phenoxy) is 2. The van der Waals surface area contributed by atoms with Crippen LogP contribution in [-0.2, 0) is 21.8 Å². The fourth-order valence-electron chi connectivity index (χ4n) is 6.08. The van der Waals surface area contributed by atoms with Crippen molar-refractivity contribution >= 4 is 5.69 Å². The molecule has 0 aliphatic carbocycles. The molecule has 238 valence electrons. The van der Waals surface area contributed by atoms with Crippen molar-refractivity contribution < 1.29 is 40.2 Å². The zero-order valence-electron chi connectivity index (χ0n) is 24.0. The van der Waals surface area contributed by atoms with Crippen LogP contribution in [0.5, 0.6) is 0 Å². The standard InChI is InChI=1S/C32H33F7N2O3/c1-21(24-17-25(31(34,35)36)19-26(18-24)32(37,38)39)44-30-29(22-7-9-27(33)10-8-22)23(11-16-43-30)20-40-12-14-41(42,15-13-40)28-5-3-2-4-6-28/h2-10,17-19,21,23,29-30H,11-16,20H2,1H3/t21-,23+,29+,30-/m1/s1. The highest BCUT2D eigenvalue weighted by Gasteiger charge is 2.41. The van der Waals surface area contributed by atoms with Crippen molar-refractivity contribution in [3.05, 3.63) is 106 Å². The van der Waals surface area contributed by atoms with Gasteiger partial charge in [-0.15, -0.1) is 0 Å². The maximum absolute atomic E-state index is 13.8. The number of piperazine rings is 1. The third-order valence-electron chi connectivity index (χ3n) is 8.52. The van der Waals surface area contributed by atoms with Crippen molar-refractivity contribution in [3.63, 3.8) is 0 Å². The zero-order chi connectivity index (χ0) is 31.7. The molecule has 12 heteroatoms. The Morgan fingerprint density at radius 1 is 0.909 bits per heavy atom. The minimum Gasteiger partial charge on any atom is -0.627 e. The molecule has 2 fully saturated rings. The Balaban J connectivity index is 1.37. The number of alkyl halides is 6. The lowest BCUT2D eigenvalue weighted by Gasteiger charge is -2.49. The predicted octanol–water partition coefficient (Wildman–Crippen LogP) is 7.91. The quantitative estimate of drug-likeness (QED) is 0.152. The number of hydroxylamine groups is 2. The van der Waals surface area contributed by atoms with E-state index in [0.29, 0.717) is 62.5 Å². The molecule has 2 heterocycles. The lowest BCUT2D eigenvalue weighted by molar-refractivity contribution is -0.210. The topological polar surface area (TPSA) is 44.8 Å². The lowest BCUT2D eigenvalue weighted by Crippen LogP contribution is -2.58. The molecule has 5 rings (SSSR count). The lowest BCUT2D eigenvalue weighted by atomic mass is 9.81. The molecule has 0 aromatic heterocycles. The maximum Gasteiger partial charge on any atom is 0.416 e. The number of hydrogen-bond donors (Lipinski definition) is 0.